The highest BCUT2D eigenvalue weighted by Crippen LogP contribution is 2.19. The van der Waals surface area contributed by atoms with Gasteiger partial charge in [-0.05, 0) is 0 Å². The quantitative estimate of drug-likeness (QED) is 0.708. The summed E-state index contributed by atoms with van der Waals surface area (Å²) in [5.74, 6) is -0.641. The van der Waals surface area contributed by atoms with Gasteiger partial charge in [-0.3, -0.25) is 4.79 Å². The van der Waals surface area contributed by atoms with E-state index in [4.69, 9.17) is 4.74 Å². The average Bonchev–Trinajstić information content (AvgIpc) is 2.92. The molecule has 1 N–H and O–H groups in total. The van der Waals surface area contributed by atoms with E-state index in [1.165, 1.54) is 19.6 Å². The number of nitrogens with zero attached hydrogens (tertiary/aromatic N) is 2. The Balaban J connectivity index is 2.32. The number of aromatic nitrogens is 2. The Labute approximate surface area is 104 Å². The minimum absolute atomic E-state index is 0.0138. The van der Waals surface area contributed by atoms with Crippen LogP contribution in [0.5, 0.6) is 0 Å². The lowest BCUT2D eigenvalue weighted by molar-refractivity contribution is -0.149. The lowest BCUT2D eigenvalue weighted by Gasteiger charge is -2.31. The molecule has 0 saturated carbocycles. The second-order valence-electron chi connectivity index (χ2n) is 3.65. The number of H-pyrrole nitrogens is 1. The number of aromatic amines is 1. The summed E-state index contributed by atoms with van der Waals surface area (Å²) in [6, 6.07) is -0.961. The Morgan fingerprint density at radius 1 is 1.67 bits per heavy atom. The van der Waals surface area contributed by atoms with E-state index in [9.17, 15) is 13.2 Å². The number of imidazole rings is 1. The van der Waals surface area contributed by atoms with Gasteiger partial charge in [-0.25, -0.2) is 13.4 Å². The first kappa shape index (κ1) is 13.0. The highest BCUT2D eigenvalue weighted by molar-refractivity contribution is 7.89. The minimum Gasteiger partial charge on any atom is -0.468 e. The van der Waals surface area contributed by atoms with Gasteiger partial charge in [0.2, 0.25) is 0 Å². The zero-order chi connectivity index (χ0) is 13.2. The first-order chi connectivity index (χ1) is 8.57. The standard InChI is InChI=1S/C9H13N3O5S/c1-16-9(13)7-5-17-3-2-12(7)18(14,15)8-4-10-6-11-8/h4,6-7H,2-3,5H2,1H3,(H,10,11). The summed E-state index contributed by atoms with van der Waals surface area (Å²) in [6.07, 6.45) is 2.46. The fraction of sp³-hybridized carbons (Fsp3) is 0.556. The van der Waals surface area contributed by atoms with E-state index in [-0.39, 0.29) is 24.8 Å². The molecule has 1 aromatic rings. The van der Waals surface area contributed by atoms with Crippen molar-refractivity contribution in [3.05, 3.63) is 12.5 Å². The normalized spacial score (nSPS) is 21.7. The van der Waals surface area contributed by atoms with Crippen LogP contribution >= 0.6 is 0 Å². The topological polar surface area (TPSA) is 102 Å². The van der Waals surface area contributed by atoms with Crippen LogP contribution in [0.15, 0.2) is 17.6 Å². The van der Waals surface area contributed by atoms with Gasteiger partial charge >= 0.3 is 5.97 Å². The minimum atomic E-state index is -3.79. The van der Waals surface area contributed by atoms with Crippen molar-refractivity contribution in [2.24, 2.45) is 0 Å². The van der Waals surface area contributed by atoms with Gasteiger partial charge in [0.05, 0.1) is 32.8 Å². The van der Waals surface area contributed by atoms with E-state index in [0.29, 0.717) is 0 Å². The molecular formula is C9H13N3O5S. The van der Waals surface area contributed by atoms with Gasteiger partial charge in [-0.15, -0.1) is 0 Å². The smallest absolute Gasteiger partial charge is 0.326 e. The maximum absolute atomic E-state index is 12.3. The first-order valence-electron chi connectivity index (χ1n) is 5.23. The molecule has 0 amide bonds. The molecule has 0 spiro atoms. The predicted octanol–water partition coefficient (Wildman–Crippen LogP) is -1.03. The van der Waals surface area contributed by atoms with Gasteiger partial charge < -0.3 is 14.5 Å². The molecule has 1 atom stereocenters. The molecule has 1 aliphatic rings. The molecule has 1 fully saturated rings. The van der Waals surface area contributed by atoms with E-state index >= 15 is 0 Å². The molecule has 2 heterocycles. The lowest BCUT2D eigenvalue weighted by atomic mass is 10.3. The summed E-state index contributed by atoms with van der Waals surface area (Å²) in [7, 11) is -2.58. The van der Waals surface area contributed by atoms with Crippen molar-refractivity contribution in [1.82, 2.24) is 14.3 Å². The van der Waals surface area contributed by atoms with Crippen LogP contribution in [0.2, 0.25) is 0 Å². The van der Waals surface area contributed by atoms with Crippen molar-refractivity contribution < 1.29 is 22.7 Å². The Hall–Kier alpha value is -1.45. The molecule has 0 bridgehead atoms. The lowest BCUT2D eigenvalue weighted by Crippen LogP contribution is -2.52. The second kappa shape index (κ2) is 5.04. The Kier molecular flexibility index (Phi) is 3.64. The summed E-state index contributed by atoms with van der Waals surface area (Å²) in [5.41, 5.74) is 0. The molecule has 0 aromatic carbocycles. The number of nitrogens with one attached hydrogen (secondary N) is 1. The Bertz CT molecular complexity index is 512. The van der Waals surface area contributed by atoms with Crippen LogP contribution in [-0.4, -0.2) is 61.6 Å². The van der Waals surface area contributed by atoms with Gasteiger partial charge in [-0.1, -0.05) is 0 Å². The molecule has 0 aliphatic carbocycles. The monoisotopic (exact) mass is 275 g/mol. The maximum atomic E-state index is 12.3. The average molecular weight is 275 g/mol. The SMILES string of the molecule is COC(=O)C1COCCN1S(=O)(=O)c1cnc[nH]1. The zero-order valence-electron chi connectivity index (χ0n) is 9.70. The van der Waals surface area contributed by atoms with Crippen molar-refractivity contribution >= 4 is 16.0 Å². The largest absolute Gasteiger partial charge is 0.468 e. The van der Waals surface area contributed by atoms with Crippen molar-refractivity contribution in [3.8, 4) is 0 Å². The highest BCUT2D eigenvalue weighted by Gasteiger charge is 2.39. The van der Waals surface area contributed by atoms with E-state index in [2.05, 4.69) is 14.7 Å². The van der Waals surface area contributed by atoms with Crippen LogP contribution in [0.3, 0.4) is 0 Å². The summed E-state index contributed by atoms with van der Waals surface area (Å²) in [4.78, 5) is 17.7. The number of carbonyl (C=O) groups is 1. The number of esters is 1. The number of hydrogen-bond acceptors (Lipinski definition) is 6. The van der Waals surface area contributed by atoms with Crippen LogP contribution in [0, 0.1) is 0 Å². The summed E-state index contributed by atoms with van der Waals surface area (Å²) < 4.78 is 35.3. The maximum Gasteiger partial charge on any atom is 0.326 e. The third kappa shape index (κ3) is 2.24. The molecule has 1 unspecified atom stereocenters. The van der Waals surface area contributed by atoms with E-state index in [0.717, 1.165) is 4.31 Å². The molecule has 18 heavy (non-hydrogen) atoms. The summed E-state index contributed by atoms with van der Waals surface area (Å²) >= 11 is 0. The fourth-order valence-corrected chi connectivity index (χ4v) is 3.15. The molecule has 2 rings (SSSR count). The van der Waals surface area contributed by atoms with Crippen molar-refractivity contribution in [2.45, 2.75) is 11.1 Å². The number of methoxy groups -OCH3 is 1. The molecule has 1 aromatic heterocycles. The van der Waals surface area contributed by atoms with Gasteiger partial charge in [0.15, 0.2) is 5.03 Å². The van der Waals surface area contributed by atoms with Gasteiger partial charge in [0, 0.05) is 6.54 Å². The second-order valence-corrected chi connectivity index (χ2v) is 5.50. The number of hydrogen-bond donors (Lipinski definition) is 1. The first-order valence-corrected chi connectivity index (χ1v) is 6.67. The number of ether oxygens (including phenoxy) is 2. The van der Waals surface area contributed by atoms with E-state index < -0.39 is 22.0 Å². The van der Waals surface area contributed by atoms with Crippen LogP contribution in [0.25, 0.3) is 0 Å². The van der Waals surface area contributed by atoms with E-state index in [1.807, 2.05) is 0 Å². The van der Waals surface area contributed by atoms with Crippen LogP contribution < -0.4 is 0 Å². The van der Waals surface area contributed by atoms with E-state index in [1.54, 1.807) is 0 Å². The molecule has 8 nitrogen and oxygen atoms in total. The summed E-state index contributed by atoms with van der Waals surface area (Å²) in [5, 5.41) is -0.0571. The molecular weight excluding hydrogens is 262 g/mol. The molecule has 9 heteroatoms. The third-order valence-corrected chi connectivity index (χ3v) is 4.45. The third-order valence-electron chi connectivity index (χ3n) is 2.61. The van der Waals surface area contributed by atoms with Gasteiger partial charge in [0.25, 0.3) is 10.0 Å². The number of rotatable bonds is 3. The summed E-state index contributed by atoms with van der Waals surface area (Å²) in [6.45, 7) is 0.321. The van der Waals surface area contributed by atoms with Crippen LogP contribution in [-0.2, 0) is 24.3 Å². The number of carbonyl (C=O) groups excluding carboxylic acids is 1. The molecule has 1 saturated heterocycles. The number of morpholine rings is 1. The molecule has 1 aliphatic heterocycles. The highest BCUT2D eigenvalue weighted by atomic mass is 32.2. The predicted molar refractivity (Wildman–Crippen MR) is 59.1 cm³/mol. The van der Waals surface area contributed by atoms with Crippen molar-refractivity contribution in [3.63, 3.8) is 0 Å². The Morgan fingerprint density at radius 3 is 3.06 bits per heavy atom. The van der Waals surface area contributed by atoms with Gasteiger partial charge in [-0.2, -0.15) is 4.31 Å². The van der Waals surface area contributed by atoms with Gasteiger partial charge in [0.1, 0.15) is 6.04 Å². The Morgan fingerprint density at radius 2 is 2.44 bits per heavy atom. The van der Waals surface area contributed by atoms with Crippen molar-refractivity contribution in [2.75, 3.05) is 26.9 Å². The van der Waals surface area contributed by atoms with Crippen molar-refractivity contribution in [1.29, 1.82) is 0 Å². The van der Waals surface area contributed by atoms with Crippen LogP contribution in [0.4, 0.5) is 0 Å². The number of sulfonamides is 1. The fourth-order valence-electron chi connectivity index (χ4n) is 1.71. The molecule has 100 valence electrons. The molecule has 0 radical (unpaired) electrons. The van der Waals surface area contributed by atoms with Crippen LogP contribution in [0.1, 0.15) is 0 Å². The zero-order valence-corrected chi connectivity index (χ0v) is 10.5.